The summed E-state index contributed by atoms with van der Waals surface area (Å²) >= 11 is 0. The predicted octanol–water partition coefficient (Wildman–Crippen LogP) is 4.46. The van der Waals surface area contributed by atoms with Gasteiger partial charge >= 0.3 is 6.18 Å². The van der Waals surface area contributed by atoms with Gasteiger partial charge in [-0.25, -0.2) is 0 Å². The molecule has 2 aromatic rings. The van der Waals surface area contributed by atoms with Gasteiger partial charge in [0.2, 0.25) is 5.91 Å². The van der Waals surface area contributed by atoms with Crippen molar-refractivity contribution in [3.05, 3.63) is 65.2 Å². The number of benzene rings is 2. The molecule has 0 aliphatic carbocycles. The molecule has 1 N–H and O–H groups in total. The number of nitriles is 1. The lowest BCUT2D eigenvalue weighted by Crippen LogP contribution is -2.61. The SMILES string of the molecule is CC(NC(=O)C1(N2CC[C@@H](Oc3cccc(C(F)(F)F)c3)C2)CCOCC1)c1ccc(C#N)cc1. The second-order valence-corrected chi connectivity index (χ2v) is 9.07. The molecule has 2 aromatic carbocycles. The van der Waals surface area contributed by atoms with Gasteiger partial charge in [0.05, 0.1) is 23.2 Å². The first-order valence-electron chi connectivity index (χ1n) is 11.7. The summed E-state index contributed by atoms with van der Waals surface area (Å²) in [6.45, 7) is 3.84. The molecule has 0 spiro atoms. The third kappa shape index (κ3) is 5.60. The normalized spacial score (nSPS) is 21.2. The minimum atomic E-state index is -4.43. The summed E-state index contributed by atoms with van der Waals surface area (Å²) in [5, 5.41) is 12.1. The summed E-state index contributed by atoms with van der Waals surface area (Å²) in [5.41, 5.74) is -0.0731. The first-order chi connectivity index (χ1) is 16.7. The van der Waals surface area contributed by atoms with E-state index in [1.54, 1.807) is 12.1 Å². The second kappa shape index (κ2) is 10.3. The molecule has 35 heavy (non-hydrogen) atoms. The van der Waals surface area contributed by atoms with Gasteiger partial charge in [0.1, 0.15) is 17.4 Å². The molecule has 2 fully saturated rings. The lowest BCUT2D eigenvalue weighted by molar-refractivity contribution is -0.141. The maximum absolute atomic E-state index is 13.6. The van der Waals surface area contributed by atoms with Crippen LogP contribution in [0.5, 0.6) is 5.75 Å². The fourth-order valence-electron chi connectivity index (χ4n) is 4.81. The van der Waals surface area contributed by atoms with E-state index in [9.17, 15) is 18.0 Å². The molecule has 186 valence electrons. The zero-order valence-corrected chi connectivity index (χ0v) is 19.5. The van der Waals surface area contributed by atoms with Crippen LogP contribution in [0.3, 0.4) is 0 Å². The van der Waals surface area contributed by atoms with Crippen molar-refractivity contribution < 1.29 is 27.4 Å². The molecule has 1 amide bonds. The molecule has 0 saturated carbocycles. The van der Waals surface area contributed by atoms with E-state index >= 15 is 0 Å². The Morgan fingerprint density at radius 2 is 1.94 bits per heavy atom. The summed E-state index contributed by atoms with van der Waals surface area (Å²) in [5.74, 6) is 0.0731. The van der Waals surface area contributed by atoms with Gasteiger partial charge in [-0.2, -0.15) is 18.4 Å². The van der Waals surface area contributed by atoms with E-state index in [4.69, 9.17) is 14.7 Å². The maximum atomic E-state index is 13.6. The quantitative estimate of drug-likeness (QED) is 0.652. The fraction of sp³-hybridized carbons (Fsp3) is 0.462. The highest BCUT2D eigenvalue weighted by atomic mass is 19.4. The number of likely N-dealkylation sites (tertiary alicyclic amines) is 1. The van der Waals surface area contributed by atoms with Crippen LogP contribution < -0.4 is 10.1 Å². The van der Waals surface area contributed by atoms with E-state index in [1.165, 1.54) is 12.1 Å². The molecule has 0 radical (unpaired) electrons. The fourth-order valence-corrected chi connectivity index (χ4v) is 4.81. The van der Waals surface area contributed by atoms with E-state index in [2.05, 4.69) is 16.3 Å². The van der Waals surface area contributed by atoms with Gasteiger partial charge in [0.15, 0.2) is 0 Å². The Labute approximate surface area is 202 Å². The highest BCUT2D eigenvalue weighted by molar-refractivity contribution is 5.87. The van der Waals surface area contributed by atoms with Crippen LogP contribution in [-0.2, 0) is 15.7 Å². The number of hydrogen-bond donors (Lipinski definition) is 1. The summed E-state index contributed by atoms with van der Waals surface area (Å²) in [6, 6.07) is 13.8. The molecule has 2 saturated heterocycles. The van der Waals surface area contributed by atoms with Gasteiger partial charge in [0.25, 0.3) is 0 Å². The van der Waals surface area contributed by atoms with Crippen LogP contribution in [0, 0.1) is 11.3 Å². The highest BCUT2D eigenvalue weighted by Gasteiger charge is 2.48. The monoisotopic (exact) mass is 487 g/mol. The Hall–Kier alpha value is -3.09. The number of hydrogen-bond acceptors (Lipinski definition) is 5. The standard InChI is InChI=1S/C26H28F3N3O3/c1-18(20-7-5-19(16-30)6-8-20)31-24(33)25(10-13-34-14-11-25)32-12-9-23(17-32)35-22-4-2-3-21(15-22)26(27,28)29/h2-8,15,18,23H,9-14,17H2,1H3,(H,31,33)/t18?,23-/m1/s1. The van der Waals surface area contributed by atoms with Crippen LogP contribution in [-0.4, -0.2) is 48.8 Å². The Morgan fingerprint density at radius 3 is 2.60 bits per heavy atom. The first-order valence-corrected chi connectivity index (χ1v) is 11.7. The van der Waals surface area contributed by atoms with Crippen LogP contribution in [0.2, 0.25) is 0 Å². The molecule has 2 heterocycles. The topological polar surface area (TPSA) is 74.6 Å². The third-order valence-corrected chi connectivity index (χ3v) is 6.84. The molecular formula is C26H28F3N3O3. The van der Waals surface area contributed by atoms with Crippen LogP contribution >= 0.6 is 0 Å². The van der Waals surface area contributed by atoms with Gasteiger partial charge < -0.3 is 14.8 Å². The highest BCUT2D eigenvalue weighted by Crippen LogP contribution is 2.35. The average molecular weight is 488 g/mol. The number of carbonyl (C=O) groups is 1. The van der Waals surface area contributed by atoms with Crippen LogP contribution in [0.25, 0.3) is 0 Å². The van der Waals surface area contributed by atoms with Crippen LogP contribution in [0.15, 0.2) is 48.5 Å². The van der Waals surface area contributed by atoms with Gasteiger partial charge in [-0.05, 0) is 62.1 Å². The van der Waals surface area contributed by atoms with Crippen molar-refractivity contribution in [1.82, 2.24) is 10.2 Å². The Kier molecular flexibility index (Phi) is 7.33. The van der Waals surface area contributed by atoms with Gasteiger partial charge in [-0.15, -0.1) is 0 Å². The number of halogens is 3. The van der Waals surface area contributed by atoms with Crippen molar-refractivity contribution in [3.8, 4) is 11.8 Å². The lowest BCUT2D eigenvalue weighted by Gasteiger charge is -2.43. The number of alkyl halides is 3. The molecule has 2 aliphatic rings. The zero-order valence-electron chi connectivity index (χ0n) is 19.5. The molecule has 9 heteroatoms. The van der Waals surface area contributed by atoms with E-state index in [0.29, 0.717) is 51.1 Å². The lowest BCUT2D eigenvalue weighted by atomic mass is 9.86. The summed E-state index contributed by atoms with van der Waals surface area (Å²) in [6.07, 6.45) is -3.10. The second-order valence-electron chi connectivity index (χ2n) is 9.07. The number of nitrogens with zero attached hydrogens (tertiary/aromatic N) is 2. The number of nitrogens with one attached hydrogen (secondary N) is 1. The molecule has 4 rings (SSSR count). The van der Waals surface area contributed by atoms with E-state index < -0.39 is 17.3 Å². The Morgan fingerprint density at radius 1 is 1.23 bits per heavy atom. The molecule has 1 unspecified atom stereocenters. The summed E-state index contributed by atoms with van der Waals surface area (Å²) in [4.78, 5) is 15.7. The number of ether oxygens (including phenoxy) is 2. The smallest absolute Gasteiger partial charge is 0.416 e. The van der Waals surface area contributed by atoms with Crippen molar-refractivity contribution in [1.29, 1.82) is 5.26 Å². The largest absolute Gasteiger partial charge is 0.489 e. The maximum Gasteiger partial charge on any atom is 0.416 e. The molecule has 0 aromatic heterocycles. The van der Waals surface area contributed by atoms with Gasteiger partial charge in [-0.1, -0.05) is 18.2 Å². The van der Waals surface area contributed by atoms with Crippen molar-refractivity contribution in [3.63, 3.8) is 0 Å². The number of carbonyl (C=O) groups excluding carboxylic acids is 1. The third-order valence-electron chi connectivity index (χ3n) is 6.84. The average Bonchev–Trinajstić information content (AvgIpc) is 3.33. The molecule has 6 nitrogen and oxygen atoms in total. The predicted molar refractivity (Wildman–Crippen MR) is 123 cm³/mol. The Bertz CT molecular complexity index is 1080. The van der Waals surface area contributed by atoms with Crippen LogP contribution in [0.1, 0.15) is 48.9 Å². The van der Waals surface area contributed by atoms with Crippen molar-refractivity contribution >= 4 is 5.91 Å². The van der Waals surface area contributed by atoms with Crippen molar-refractivity contribution in [2.45, 2.75) is 50.0 Å². The van der Waals surface area contributed by atoms with E-state index in [-0.39, 0.29) is 23.8 Å². The molecular weight excluding hydrogens is 459 g/mol. The molecule has 2 aliphatic heterocycles. The minimum Gasteiger partial charge on any atom is -0.489 e. The van der Waals surface area contributed by atoms with Gasteiger partial charge in [-0.3, -0.25) is 9.69 Å². The molecule has 2 atom stereocenters. The first kappa shape index (κ1) is 25.0. The van der Waals surface area contributed by atoms with Gasteiger partial charge in [0, 0.05) is 26.3 Å². The zero-order chi connectivity index (χ0) is 25.1. The number of rotatable bonds is 6. The molecule has 0 bridgehead atoms. The Balaban J connectivity index is 1.45. The summed E-state index contributed by atoms with van der Waals surface area (Å²) < 4.78 is 50.6. The van der Waals surface area contributed by atoms with E-state index in [0.717, 1.165) is 17.7 Å². The van der Waals surface area contributed by atoms with Crippen LogP contribution in [0.4, 0.5) is 13.2 Å². The van der Waals surface area contributed by atoms with Crippen molar-refractivity contribution in [2.24, 2.45) is 0 Å². The van der Waals surface area contributed by atoms with E-state index in [1.807, 2.05) is 19.1 Å². The number of amides is 1. The summed E-state index contributed by atoms with van der Waals surface area (Å²) in [7, 11) is 0. The van der Waals surface area contributed by atoms with Crippen molar-refractivity contribution in [2.75, 3.05) is 26.3 Å². The minimum absolute atomic E-state index is 0.0996.